The first-order valence-corrected chi connectivity index (χ1v) is 13.7. The number of carbonyl (C=O) groups is 1. The minimum absolute atomic E-state index is 0.116. The van der Waals surface area contributed by atoms with Gasteiger partial charge in [-0.2, -0.15) is 0 Å². The van der Waals surface area contributed by atoms with Gasteiger partial charge in [0.25, 0.3) is 5.91 Å². The number of carbonyl (C=O) groups excluding carboxylic acids is 1. The molecular formula is C31H36ClN3O2. The fraction of sp³-hybridized carbons (Fsp3) is 0.355. The van der Waals surface area contributed by atoms with E-state index >= 15 is 0 Å². The summed E-state index contributed by atoms with van der Waals surface area (Å²) < 4.78 is 8.30. The van der Waals surface area contributed by atoms with Crippen molar-refractivity contribution in [3.8, 4) is 5.75 Å². The van der Waals surface area contributed by atoms with Crippen LogP contribution >= 0.6 is 11.6 Å². The Kier molecular flexibility index (Phi) is 10.0. The standard InChI is InChI=1S/C31H36ClN3O2/c1-2-24-17-19-25(20-18-24)37-23-11-10-22-35-29-15-8-7-14-28(29)34-30(35)16-4-3-9-21-33-31(36)26-12-5-6-13-27(26)32/h5-8,12-15,17-20H,2-4,9-11,16,21-23H2,1H3,(H,33,36). The second-order valence-corrected chi connectivity index (χ2v) is 9.68. The van der Waals surface area contributed by atoms with Gasteiger partial charge in [0.15, 0.2) is 0 Å². The highest BCUT2D eigenvalue weighted by molar-refractivity contribution is 6.33. The molecule has 0 fully saturated rings. The number of amides is 1. The largest absolute Gasteiger partial charge is 0.494 e. The van der Waals surface area contributed by atoms with Crippen LogP contribution in [0.3, 0.4) is 0 Å². The Hall–Kier alpha value is -3.31. The lowest BCUT2D eigenvalue weighted by molar-refractivity contribution is 0.0953. The summed E-state index contributed by atoms with van der Waals surface area (Å²) in [6.07, 6.45) is 6.97. The highest BCUT2D eigenvalue weighted by atomic mass is 35.5. The maximum Gasteiger partial charge on any atom is 0.252 e. The highest BCUT2D eigenvalue weighted by Gasteiger charge is 2.11. The molecule has 0 radical (unpaired) electrons. The molecule has 3 aromatic carbocycles. The highest BCUT2D eigenvalue weighted by Crippen LogP contribution is 2.20. The average molecular weight is 518 g/mol. The monoisotopic (exact) mass is 517 g/mol. The quantitative estimate of drug-likeness (QED) is 0.179. The van der Waals surface area contributed by atoms with Gasteiger partial charge < -0.3 is 14.6 Å². The molecule has 0 atom stereocenters. The van der Waals surface area contributed by atoms with Crippen molar-refractivity contribution in [2.75, 3.05) is 13.2 Å². The molecule has 0 saturated carbocycles. The molecule has 4 aromatic rings. The van der Waals surface area contributed by atoms with Gasteiger partial charge in [-0.15, -0.1) is 0 Å². The van der Waals surface area contributed by atoms with Gasteiger partial charge >= 0.3 is 0 Å². The van der Waals surface area contributed by atoms with Crippen molar-refractivity contribution in [2.24, 2.45) is 0 Å². The minimum Gasteiger partial charge on any atom is -0.494 e. The van der Waals surface area contributed by atoms with Crippen molar-refractivity contribution in [3.05, 3.63) is 94.8 Å². The number of hydrogen-bond donors (Lipinski definition) is 1. The number of aromatic nitrogens is 2. The Labute approximate surface area is 224 Å². The van der Waals surface area contributed by atoms with E-state index in [1.54, 1.807) is 12.1 Å². The van der Waals surface area contributed by atoms with Gasteiger partial charge in [-0.25, -0.2) is 4.98 Å². The zero-order chi connectivity index (χ0) is 25.9. The van der Waals surface area contributed by atoms with E-state index in [1.165, 1.54) is 11.1 Å². The first kappa shape index (κ1) is 26.7. The number of unbranched alkanes of at least 4 members (excludes halogenated alkanes) is 3. The number of imidazole rings is 1. The molecule has 5 nitrogen and oxygen atoms in total. The predicted molar refractivity (Wildman–Crippen MR) is 152 cm³/mol. The number of benzene rings is 3. The molecule has 1 heterocycles. The van der Waals surface area contributed by atoms with Crippen LogP contribution in [0.15, 0.2) is 72.8 Å². The first-order valence-electron chi connectivity index (χ1n) is 13.3. The van der Waals surface area contributed by atoms with Crippen LogP contribution in [-0.2, 0) is 19.4 Å². The van der Waals surface area contributed by atoms with Crippen molar-refractivity contribution < 1.29 is 9.53 Å². The van der Waals surface area contributed by atoms with E-state index in [0.717, 1.165) is 68.6 Å². The molecule has 0 aliphatic heterocycles. The maximum atomic E-state index is 12.3. The number of rotatable bonds is 14. The van der Waals surface area contributed by atoms with Gasteiger partial charge in [0.1, 0.15) is 11.6 Å². The number of fused-ring (bicyclic) bond motifs is 1. The molecule has 0 spiro atoms. The first-order chi connectivity index (χ1) is 18.2. The van der Waals surface area contributed by atoms with Crippen molar-refractivity contribution in [2.45, 2.75) is 58.4 Å². The van der Waals surface area contributed by atoms with Crippen LogP contribution in [0, 0.1) is 0 Å². The summed E-state index contributed by atoms with van der Waals surface area (Å²) in [4.78, 5) is 17.2. The van der Waals surface area contributed by atoms with Crippen LogP contribution in [0.4, 0.5) is 0 Å². The number of nitrogens with one attached hydrogen (secondary N) is 1. The number of hydrogen-bond acceptors (Lipinski definition) is 3. The van der Waals surface area contributed by atoms with Crippen LogP contribution in [0.25, 0.3) is 11.0 Å². The second-order valence-electron chi connectivity index (χ2n) is 9.27. The average Bonchev–Trinajstić information content (AvgIpc) is 3.28. The topological polar surface area (TPSA) is 56.1 Å². The maximum absolute atomic E-state index is 12.3. The van der Waals surface area contributed by atoms with Crippen LogP contribution in [0.2, 0.25) is 5.02 Å². The van der Waals surface area contributed by atoms with Gasteiger partial charge in [0.2, 0.25) is 0 Å². The molecule has 1 aromatic heterocycles. The van der Waals surface area contributed by atoms with E-state index in [0.29, 0.717) is 23.7 Å². The summed E-state index contributed by atoms with van der Waals surface area (Å²) in [5, 5.41) is 3.46. The van der Waals surface area contributed by atoms with Gasteiger partial charge in [-0.05, 0) is 74.1 Å². The summed E-state index contributed by atoms with van der Waals surface area (Å²) in [6.45, 7) is 4.45. The zero-order valence-corrected chi connectivity index (χ0v) is 22.3. The van der Waals surface area contributed by atoms with E-state index < -0.39 is 0 Å². The summed E-state index contributed by atoms with van der Waals surface area (Å²) in [5.41, 5.74) is 4.10. The third kappa shape index (κ3) is 7.59. The molecule has 1 N–H and O–H groups in total. The third-order valence-electron chi connectivity index (χ3n) is 6.59. The molecule has 4 rings (SSSR count). The molecule has 194 valence electrons. The summed E-state index contributed by atoms with van der Waals surface area (Å²) in [6, 6.07) is 23.9. The van der Waals surface area contributed by atoms with Crippen molar-refractivity contribution in [1.29, 1.82) is 0 Å². The van der Waals surface area contributed by atoms with Gasteiger partial charge in [0, 0.05) is 19.5 Å². The van der Waals surface area contributed by atoms with E-state index in [1.807, 2.05) is 18.2 Å². The van der Waals surface area contributed by atoms with E-state index in [-0.39, 0.29) is 5.91 Å². The summed E-state index contributed by atoms with van der Waals surface area (Å²) in [7, 11) is 0. The SMILES string of the molecule is CCc1ccc(OCCCCn2c(CCCCCNC(=O)c3ccccc3Cl)nc3ccccc32)cc1. The lowest BCUT2D eigenvalue weighted by atomic mass is 10.1. The zero-order valence-electron chi connectivity index (χ0n) is 21.6. The minimum atomic E-state index is -0.116. The van der Waals surface area contributed by atoms with E-state index in [9.17, 15) is 4.79 Å². The normalized spacial score (nSPS) is 11.1. The smallest absolute Gasteiger partial charge is 0.252 e. The van der Waals surface area contributed by atoms with Gasteiger partial charge in [-0.3, -0.25) is 4.79 Å². The number of halogens is 1. The Morgan fingerprint density at radius 3 is 2.51 bits per heavy atom. The second kappa shape index (κ2) is 13.8. The Bertz CT molecular complexity index is 1280. The third-order valence-corrected chi connectivity index (χ3v) is 6.92. The van der Waals surface area contributed by atoms with Crippen LogP contribution in [0.5, 0.6) is 5.75 Å². The Balaban J connectivity index is 1.21. The number of aryl methyl sites for hydroxylation is 3. The van der Waals surface area contributed by atoms with E-state index in [4.69, 9.17) is 21.3 Å². The molecule has 1 amide bonds. The molecule has 0 saturated heterocycles. The van der Waals surface area contributed by atoms with Crippen LogP contribution < -0.4 is 10.1 Å². The molecular weight excluding hydrogens is 482 g/mol. The number of nitrogens with zero attached hydrogens (tertiary/aromatic N) is 2. The summed E-state index contributed by atoms with van der Waals surface area (Å²) in [5.74, 6) is 1.96. The fourth-order valence-corrected chi connectivity index (χ4v) is 4.70. The lowest BCUT2D eigenvalue weighted by Crippen LogP contribution is -2.24. The fourth-order valence-electron chi connectivity index (χ4n) is 4.48. The molecule has 0 aliphatic carbocycles. The molecule has 0 bridgehead atoms. The predicted octanol–water partition coefficient (Wildman–Crippen LogP) is 7.25. The van der Waals surface area contributed by atoms with Gasteiger partial charge in [-0.1, -0.05) is 61.3 Å². The van der Waals surface area contributed by atoms with Crippen LogP contribution in [-0.4, -0.2) is 28.6 Å². The van der Waals surface area contributed by atoms with Gasteiger partial charge in [0.05, 0.1) is 28.2 Å². The molecule has 37 heavy (non-hydrogen) atoms. The van der Waals surface area contributed by atoms with Crippen molar-refractivity contribution in [1.82, 2.24) is 14.9 Å². The van der Waals surface area contributed by atoms with Crippen molar-refractivity contribution in [3.63, 3.8) is 0 Å². The Morgan fingerprint density at radius 1 is 0.919 bits per heavy atom. The lowest BCUT2D eigenvalue weighted by Gasteiger charge is -2.11. The molecule has 0 unspecified atom stereocenters. The number of ether oxygens (including phenoxy) is 1. The summed E-state index contributed by atoms with van der Waals surface area (Å²) >= 11 is 6.11. The van der Waals surface area contributed by atoms with Crippen molar-refractivity contribution >= 4 is 28.5 Å². The number of para-hydroxylation sites is 2. The molecule has 0 aliphatic rings. The molecule has 6 heteroatoms. The van der Waals surface area contributed by atoms with Crippen LogP contribution in [0.1, 0.15) is 60.8 Å². The Morgan fingerprint density at radius 2 is 1.70 bits per heavy atom. The van der Waals surface area contributed by atoms with E-state index in [2.05, 4.69) is 59.3 Å².